The Morgan fingerprint density at radius 3 is 2.95 bits per heavy atom. The molecule has 0 bridgehead atoms. The van der Waals surface area contributed by atoms with E-state index in [-0.39, 0.29) is 17.7 Å². The highest BCUT2D eigenvalue weighted by molar-refractivity contribution is 5.97. The molecule has 7 nitrogen and oxygen atoms in total. The van der Waals surface area contributed by atoms with Gasteiger partial charge in [0.25, 0.3) is 5.69 Å². The molecule has 0 unspecified atom stereocenters. The second-order valence-corrected chi connectivity index (χ2v) is 3.72. The number of hydrogen-bond acceptors (Lipinski definition) is 6. The number of ether oxygens (including phenoxy) is 1. The summed E-state index contributed by atoms with van der Waals surface area (Å²) < 4.78 is 4.52. The molecule has 1 aromatic carbocycles. The Morgan fingerprint density at radius 1 is 1.47 bits per heavy atom. The first-order valence-corrected chi connectivity index (χ1v) is 5.46. The molecule has 0 aliphatic carbocycles. The van der Waals surface area contributed by atoms with E-state index in [1.807, 2.05) is 0 Å². The minimum absolute atomic E-state index is 0.0156. The molecule has 0 saturated carbocycles. The number of esters is 1. The van der Waals surface area contributed by atoms with Gasteiger partial charge in [0.05, 0.1) is 12.0 Å². The lowest BCUT2D eigenvalue weighted by molar-refractivity contribution is -0.383. The van der Waals surface area contributed by atoms with E-state index < -0.39 is 10.9 Å². The van der Waals surface area contributed by atoms with Crippen LogP contribution in [0.5, 0.6) is 0 Å². The van der Waals surface area contributed by atoms with Crippen LogP contribution in [0.25, 0.3) is 10.9 Å². The zero-order valence-corrected chi connectivity index (χ0v) is 10.1. The highest BCUT2D eigenvalue weighted by atomic mass is 16.6. The summed E-state index contributed by atoms with van der Waals surface area (Å²) in [4.78, 5) is 25.5. The number of hydrogen-bond donors (Lipinski definition) is 1. The van der Waals surface area contributed by atoms with E-state index in [1.165, 1.54) is 19.4 Å². The number of nitrogens with one attached hydrogen (secondary N) is 1. The third-order valence-corrected chi connectivity index (χ3v) is 2.60. The fourth-order valence-corrected chi connectivity index (χ4v) is 1.70. The predicted octanol–water partition coefficient (Wildman–Crippen LogP) is 1.73. The summed E-state index contributed by atoms with van der Waals surface area (Å²) in [5, 5.41) is 14.4. The van der Waals surface area contributed by atoms with Gasteiger partial charge in [0.15, 0.2) is 0 Å². The van der Waals surface area contributed by atoms with Crippen molar-refractivity contribution in [3.05, 3.63) is 40.6 Å². The summed E-state index contributed by atoms with van der Waals surface area (Å²) in [5.41, 5.74) is 0.806. The molecule has 7 heteroatoms. The first-order chi connectivity index (χ1) is 9.13. The van der Waals surface area contributed by atoms with Crippen molar-refractivity contribution in [3.8, 4) is 0 Å². The fourth-order valence-electron chi connectivity index (χ4n) is 1.70. The molecular formula is C12H11N3O4. The number of non-ortho nitro benzene ring substituents is 1. The molecule has 0 saturated heterocycles. The second-order valence-electron chi connectivity index (χ2n) is 3.72. The molecule has 2 rings (SSSR count). The number of para-hydroxylation sites is 1. The van der Waals surface area contributed by atoms with E-state index in [4.69, 9.17) is 0 Å². The Bertz CT molecular complexity index is 642. The van der Waals surface area contributed by atoms with Crippen molar-refractivity contribution < 1.29 is 14.5 Å². The van der Waals surface area contributed by atoms with Crippen LogP contribution in [0.15, 0.2) is 30.5 Å². The highest BCUT2D eigenvalue weighted by Crippen LogP contribution is 2.28. The molecule has 0 amide bonds. The number of nitrogens with zero attached hydrogens (tertiary/aromatic N) is 2. The number of pyridine rings is 1. The van der Waals surface area contributed by atoms with Gasteiger partial charge in [0, 0.05) is 23.3 Å². The number of nitro benzene ring substituents is 1. The summed E-state index contributed by atoms with van der Waals surface area (Å²) in [7, 11) is 1.29. The first-order valence-electron chi connectivity index (χ1n) is 5.46. The largest absolute Gasteiger partial charge is 0.468 e. The third kappa shape index (κ3) is 2.59. The maximum absolute atomic E-state index is 11.1. The Morgan fingerprint density at radius 2 is 2.26 bits per heavy atom. The van der Waals surface area contributed by atoms with Gasteiger partial charge >= 0.3 is 5.97 Å². The minimum atomic E-state index is -0.487. The lowest BCUT2D eigenvalue weighted by Gasteiger charge is -2.08. The summed E-state index contributed by atoms with van der Waals surface area (Å²) >= 11 is 0. The smallest absolute Gasteiger partial charge is 0.325 e. The molecule has 0 aliphatic rings. The molecule has 0 atom stereocenters. The molecule has 1 N–H and O–H groups in total. The van der Waals surface area contributed by atoms with Crippen molar-refractivity contribution in [1.29, 1.82) is 0 Å². The number of nitro groups is 1. The number of rotatable bonds is 4. The van der Waals surface area contributed by atoms with E-state index in [0.717, 1.165) is 0 Å². The summed E-state index contributed by atoms with van der Waals surface area (Å²) in [6.07, 6.45) is 1.45. The Kier molecular flexibility index (Phi) is 3.56. The Balaban J connectivity index is 2.43. The molecule has 0 radical (unpaired) electrons. The number of fused-ring (bicyclic) bond motifs is 1. The molecule has 0 spiro atoms. The average molecular weight is 261 g/mol. The molecule has 0 aliphatic heterocycles. The number of carbonyl (C=O) groups excluding carboxylic acids is 1. The summed E-state index contributed by atoms with van der Waals surface area (Å²) in [6, 6.07) is 6.31. The summed E-state index contributed by atoms with van der Waals surface area (Å²) in [6.45, 7) is -0.0156. The van der Waals surface area contributed by atoms with Gasteiger partial charge in [-0.3, -0.25) is 14.9 Å². The molecule has 0 fully saturated rings. The predicted molar refractivity (Wildman–Crippen MR) is 68.9 cm³/mol. The monoisotopic (exact) mass is 261 g/mol. The van der Waals surface area contributed by atoms with E-state index in [1.54, 1.807) is 18.2 Å². The SMILES string of the molecule is COC(=O)CNc1ccnc2c([N+](=O)[O-])cccc12. The Hall–Kier alpha value is -2.70. The normalized spacial score (nSPS) is 10.2. The maximum Gasteiger partial charge on any atom is 0.325 e. The van der Waals surface area contributed by atoms with E-state index in [2.05, 4.69) is 15.0 Å². The molecule has 19 heavy (non-hydrogen) atoms. The lowest BCUT2D eigenvalue weighted by Crippen LogP contribution is -2.15. The first kappa shape index (κ1) is 12.7. The van der Waals surface area contributed by atoms with Crippen LogP contribution in [-0.2, 0) is 9.53 Å². The number of benzene rings is 1. The van der Waals surface area contributed by atoms with E-state index in [0.29, 0.717) is 11.1 Å². The van der Waals surface area contributed by atoms with Gasteiger partial charge in [-0.2, -0.15) is 0 Å². The minimum Gasteiger partial charge on any atom is -0.468 e. The van der Waals surface area contributed by atoms with Crippen molar-refractivity contribution in [3.63, 3.8) is 0 Å². The highest BCUT2D eigenvalue weighted by Gasteiger charge is 2.14. The third-order valence-electron chi connectivity index (χ3n) is 2.60. The average Bonchev–Trinajstić information content (AvgIpc) is 2.43. The van der Waals surface area contributed by atoms with E-state index >= 15 is 0 Å². The number of methoxy groups -OCH3 is 1. The van der Waals surface area contributed by atoms with Gasteiger partial charge in [0.2, 0.25) is 0 Å². The number of anilines is 1. The zero-order valence-electron chi connectivity index (χ0n) is 10.1. The maximum atomic E-state index is 11.1. The lowest BCUT2D eigenvalue weighted by atomic mass is 10.1. The van der Waals surface area contributed by atoms with Crippen LogP contribution in [0.2, 0.25) is 0 Å². The Labute approximate surface area is 108 Å². The number of carbonyl (C=O) groups is 1. The van der Waals surface area contributed by atoms with Crippen LogP contribution in [0, 0.1) is 10.1 Å². The van der Waals surface area contributed by atoms with Crippen molar-refractivity contribution in [2.24, 2.45) is 0 Å². The summed E-state index contributed by atoms with van der Waals surface area (Å²) in [5.74, 6) is -0.421. The van der Waals surface area contributed by atoms with Crippen LogP contribution in [0.1, 0.15) is 0 Å². The molecule has 98 valence electrons. The fraction of sp³-hybridized carbons (Fsp3) is 0.167. The van der Waals surface area contributed by atoms with Crippen LogP contribution in [0.3, 0.4) is 0 Å². The van der Waals surface area contributed by atoms with Crippen LogP contribution < -0.4 is 5.32 Å². The molecule has 1 aromatic heterocycles. The standard InChI is InChI=1S/C12H11N3O4/c1-19-11(16)7-14-9-5-6-13-12-8(9)3-2-4-10(12)15(17)18/h2-6H,7H2,1H3,(H,13,14). The van der Waals surface area contributed by atoms with Gasteiger partial charge in [-0.05, 0) is 6.07 Å². The molecular weight excluding hydrogens is 250 g/mol. The van der Waals surface area contributed by atoms with Crippen LogP contribution >= 0.6 is 0 Å². The van der Waals surface area contributed by atoms with Crippen molar-refractivity contribution in [2.75, 3.05) is 19.0 Å². The molecule has 1 heterocycles. The van der Waals surface area contributed by atoms with Crippen molar-refractivity contribution >= 4 is 28.2 Å². The van der Waals surface area contributed by atoms with Crippen molar-refractivity contribution in [1.82, 2.24) is 4.98 Å². The van der Waals surface area contributed by atoms with Crippen molar-refractivity contribution in [2.45, 2.75) is 0 Å². The topological polar surface area (TPSA) is 94.4 Å². The van der Waals surface area contributed by atoms with E-state index in [9.17, 15) is 14.9 Å². The quantitative estimate of drug-likeness (QED) is 0.511. The van der Waals surface area contributed by atoms with Gasteiger partial charge < -0.3 is 10.1 Å². The molecule has 2 aromatic rings. The van der Waals surface area contributed by atoms with Crippen LogP contribution in [-0.4, -0.2) is 29.5 Å². The van der Waals surface area contributed by atoms with Gasteiger partial charge in [-0.1, -0.05) is 12.1 Å². The van der Waals surface area contributed by atoms with Gasteiger partial charge in [-0.15, -0.1) is 0 Å². The van der Waals surface area contributed by atoms with Crippen LogP contribution in [0.4, 0.5) is 11.4 Å². The second kappa shape index (κ2) is 5.30. The van der Waals surface area contributed by atoms with Gasteiger partial charge in [-0.25, -0.2) is 4.98 Å². The zero-order chi connectivity index (χ0) is 13.8. The number of aromatic nitrogens is 1. The van der Waals surface area contributed by atoms with Gasteiger partial charge in [0.1, 0.15) is 12.1 Å².